The number of amides is 1. The number of likely N-dealkylation sites (N-methyl/N-ethyl adjacent to an activating group) is 1. The molecule has 0 radical (unpaired) electrons. The summed E-state index contributed by atoms with van der Waals surface area (Å²) in [5.74, 6) is 1.88. The molecule has 1 amide bonds. The van der Waals surface area contributed by atoms with Gasteiger partial charge in [-0.2, -0.15) is 0 Å². The number of likely N-dealkylation sites (tertiary alicyclic amines) is 1. The van der Waals surface area contributed by atoms with Crippen LogP contribution in [0, 0.1) is 0 Å². The van der Waals surface area contributed by atoms with E-state index in [0.29, 0.717) is 12.3 Å². The van der Waals surface area contributed by atoms with Crippen LogP contribution in [-0.2, 0) is 11.3 Å². The molecule has 6 heteroatoms. The number of nitrogens with zero attached hydrogens (tertiary/aromatic N) is 4. The number of aromatic nitrogens is 1. The highest BCUT2D eigenvalue weighted by Crippen LogP contribution is 2.34. The SMILES string of the molecule is CN1CC[C@@]2(CCC1=O)CN(Cc1cc(C3CCCCC3)no1)CCN2C. The highest BCUT2D eigenvalue weighted by molar-refractivity contribution is 5.76. The van der Waals surface area contributed by atoms with Crippen molar-refractivity contribution in [3.8, 4) is 0 Å². The van der Waals surface area contributed by atoms with Gasteiger partial charge in [0.25, 0.3) is 0 Å². The summed E-state index contributed by atoms with van der Waals surface area (Å²) in [6.45, 7) is 4.78. The predicted molar refractivity (Wildman–Crippen MR) is 104 cm³/mol. The summed E-state index contributed by atoms with van der Waals surface area (Å²) in [7, 11) is 4.16. The number of hydrogen-bond acceptors (Lipinski definition) is 5. The van der Waals surface area contributed by atoms with Crippen LogP contribution in [0.2, 0.25) is 0 Å². The zero-order valence-corrected chi connectivity index (χ0v) is 17.0. The van der Waals surface area contributed by atoms with Gasteiger partial charge in [0, 0.05) is 57.2 Å². The Morgan fingerprint density at radius 2 is 1.96 bits per heavy atom. The average molecular weight is 375 g/mol. The molecular weight excluding hydrogens is 340 g/mol. The molecule has 1 aliphatic carbocycles. The zero-order valence-electron chi connectivity index (χ0n) is 17.0. The lowest BCUT2D eigenvalue weighted by Gasteiger charge is -2.49. The van der Waals surface area contributed by atoms with Gasteiger partial charge in [0.1, 0.15) is 0 Å². The van der Waals surface area contributed by atoms with Crippen LogP contribution >= 0.6 is 0 Å². The molecule has 150 valence electrons. The fraction of sp³-hybridized carbons (Fsp3) is 0.810. The first-order valence-electron chi connectivity index (χ1n) is 10.7. The molecule has 0 unspecified atom stereocenters. The quantitative estimate of drug-likeness (QED) is 0.814. The van der Waals surface area contributed by atoms with Gasteiger partial charge < -0.3 is 9.42 Å². The summed E-state index contributed by atoms with van der Waals surface area (Å²) in [6, 6.07) is 2.20. The third kappa shape index (κ3) is 4.06. The van der Waals surface area contributed by atoms with Crippen molar-refractivity contribution >= 4 is 5.91 Å². The molecule has 3 fully saturated rings. The van der Waals surface area contributed by atoms with E-state index in [1.807, 2.05) is 11.9 Å². The van der Waals surface area contributed by atoms with Gasteiger partial charge in [-0.25, -0.2) is 0 Å². The summed E-state index contributed by atoms with van der Waals surface area (Å²) in [4.78, 5) is 19.0. The van der Waals surface area contributed by atoms with Gasteiger partial charge >= 0.3 is 0 Å². The lowest BCUT2D eigenvalue weighted by Crippen LogP contribution is -2.60. The summed E-state index contributed by atoms with van der Waals surface area (Å²) < 4.78 is 5.71. The van der Waals surface area contributed by atoms with Crippen molar-refractivity contribution in [1.29, 1.82) is 0 Å². The highest BCUT2D eigenvalue weighted by atomic mass is 16.5. The second kappa shape index (κ2) is 7.92. The maximum absolute atomic E-state index is 12.1. The molecule has 1 aromatic rings. The van der Waals surface area contributed by atoms with Gasteiger partial charge in [0.2, 0.25) is 5.91 Å². The third-order valence-electron chi connectivity index (χ3n) is 7.20. The standard InChI is InChI=1S/C21H34N4O2/c1-23-11-10-21(9-8-20(23)26)16-25(13-12-24(21)2)15-18-14-19(22-27-18)17-6-4-3-5-7-17/h14,17H,3-13,15-16H2,1-2H3/t21-/m0/s1. The Labute approximate surface area is 162 Å². The molecule has 2 saturated heterocycles. The van der Waals surface area contributed by atoms with Crippen LogP contribution in [-0.4, -0.2) is 71.6 Å². The second-order valence-electron chi connectivity index (χ2n) is 8.97. The van der Waals surface area contributed by atoms with Crippen molar-refractivity contribution in [1.82, 2.24) is 19.9 Å². The van der Waals surface area contributed by atoms with Gasteiger partial charge in [0.15, 0.2) is 5.76 Å². The number of carbonyl (C=O) groups excluding carboxylic acids is 1. The number of piperazine rings is 1. The van der Waals surface area contributed by atoms with E-state index in [0.717, 1.165) is 57.0 Å². The summed E-state index contributed by atoms with van der Waals surface area (Å²) in [5, 5.41) is 4.40. The van der Waals surface area contributed by atoms with Gasteiger partial charge in [0.05, 0.1) is 12.2 Å². The van der Waals surface area contributed by atoms with Crippen LogP contribution in [0.15, 0.2) is 10.6 Å². The molecule has 6 nitrogen and oxygen atoms in total. The molecular formula is C21H34N4O2. The van der Waals surface area contributed by atoms with Crippen molar-refractivity contribution < 1.29 is 9.32 Å². The first-order chi connectivity index (χ1) is 13.1. The van der Waals surface area contributed by atoms with E-state index in [1.54, 1.807) is 0 Å². The Morgan fingerprint density at radius 3 is 2.78 bits per heavy atom. The molecule has 4 rings (SSSR count). The van der Waals surface area contributed by atoms with Crippen molar-refractivity contribution in [2.75, 3.05) is 40.3 Å². The Balaban J connectivity index is 1.41. The normalized spacial score (nSPS) is 29.4. The maximum atomic E-state index is 12.1. The minimum atomic E-state index is 0.102. The van der Waals surface area contributed by atoms with Gasteiger partial charge in [-0.15, -0.1) is 0 Å². The van der Waals surface area contributed by atoms with E-state index in [2.05, 4.69) is 28.1 Å². The number of rotatable bonds is 3. The van der Waals surface area contributed by atoms with E-state index >= 15 is 0 Å². The van der Waals surface area contributed by atoms with E-state index in [1.165, 1.54) is 32.1 Å². The molecule has 0 N–H and O–H groups in total. The maximum Gasteiger partial charge on any atom is 0.222 e. The first kappa shape index (κ1) is 18.9. The summed E-state index contributed by atoms with van der Waals surface area (Å²) >= 11 is 0. The van der Waals surface area contributed by atoms with Crippen LogP contribution in [0.4, 0.5) is 0 Å². The Kier molecular flexibility index (Phi) is 5.55. The van der Waals surface area contributed by atoms with Crippen molar-refractivity contribution in [2.24, 2.45) is 0 Å². The van der Waals surface area contributed by atoms with Crippen molar-refractivity contribution in [3.05, 3.63) is 17.5 Å². The van der Waals surface area contributed by atoms with E-state index in [9.17, 15) is 4.79 Å². The van der Waals surface area contributed by atoms with Crippen LogP contribution in [0.5, 0.6) is 0 Å². The lowest BCUT2D eigenvalue weighted by atomic mass is 9.86. The topological polar surface area (TPSA) is 52.8 Å². The van der Waals surface area contributed by atoms with Crippen LogP contribution < -0.4 is 0 Å². The average Bonchev–Trinajstić information content (AvgIpc) is 3.10. The van der Waals surface area contributed by atoms with Crippen molar-refractivity contribution in [2.45, 2.75) is 69.4 Å². The monoisotopic (exact) mass is 374 g/mol. The van der Waals surface area contributed by atoms with Gasteiger partial charge in [-0.3, -0.25) is 14.6 Å². The minimum Gasteiger partial charge on any atom is -0.360 e. The molecule has 0 aromatic carbocycles. The van der Waals surface area contributed by atoms with Crippen molar-refractivity contribution in [3.63, 3.8) is 0 Å². The van der Waals surface area contributed by atoms with Crippen LogP contribution in [0.1, 0.15) is 68.7 Å². The van der Waals surface area contributed by atoms with Gasteiger partial charge in [-0.05, 0) is 32.7 Å². The van der Waals surface area contributed by atoms with Gasteiger partial charge in [-0.1, -0.05) is 24.4 Å². The summed E-state index contributed by atoms with van der Waals surface area (Å²) in [6.07, 6.45) is 9.17. The Morgan fingerprint density at radius 1 is 1.15 bits per heavy atom. The second-order valence-corrected chi connectivity index (χ2v) is 8.97. The largest absolute Gasteiger partial charge is 0.360 e. The Bertz CT molecular complexity index is 654. The molecule has 1 spiro atoms. The molecule has 3 aliphatic rings. The molecule has 1 saturated carbocycles. The van der Waals surface area contributed by atoms with Crippen LogP contribution in [0.25, 0.3) is 0 Å². The molecule has 27 heavy (non-hydrogen) atoms. The van der Waals surface area contributed by atoms with E-state index in [4.69, 9.17) is 4.52 Å². The molecule has 3 heterocycles. The summed E-state index contributed by atoms with van der Waals surface area (Å²) in [5.41, 5.74) is 1.26. The van der Waals surface area contributed by atoms with E-state index in [-0.39, 0.29) is 11.4 Å². The number of hydrogen-bond donors (Lipinski definition) is 0. The predicted octanol–water partition coefficient (Wildman–Crippen LogP) is 2.85. The number of carbonyl (C=O) groups is 1. The molecule has 1 atom stereocenters. The third-order valence-corrected chi connectivity index (χ3v) is 7.20. The highest BCUT2D eigenvalue weighted by Gasteiger charge is 2.41. The van der Waals surface area contributed by atoms with Crippen LogP contribution in [0.3, 0.4) is 0 Å². The Hall–Kier alpha value is -1.40. The zero-order chi connectivity index (χ0) is 18.9. The fourth-order valence-corrected chi connectivity index (χ4v) is 5.19. The molecule has 2 aliphatic heterocycles. The first-order valence-corrected chi connectivity index (χ1v) is 10.7. The van der Waals surface area contributed by atoms with E-state index < -0.39 is 0 Å². The molecule has 0 bridgehead atoms. The molecule has 1 aromatic heterocycles. The smallest absolute Gasteiger partial charge is 0.222 e. The minimum absolute atomic E-state index is 0.102. The fourth-order valence-electron chi connectivity index (χ4n) is 5.19. The lowest BCUT2D eigenvalue weighted by molar-refractivity contribution is -0.129.